The lowest BCUT2D eigenvalue weighted by Crippen LogP contribution is -2.22. The summed E-state index contributed by atoms with van der Waals surface area (Å²) in [5, 5.41) is 0. The van der Waals surface area contributed by atoms with Gasteiger partial charge >= 0.3 is 0 Å². The van der Waals surface area contributed by atoms with Gasteiger partial charge in [0.05, 0.1) is 24.5 Å². The van der Waals surface area contributed by atoms with Crippen molar-refractivity contribution >= 4 is 5.70 Å². The van der Waals surface area contributed by atoms with Crippen LogP contribution in [0.2, 0.25) is 0 Å². The first-order valence-electron chi connectivity index (χ1n) is 7.47. The number of hydrogen-bond acceptors (Lipinski definition) is 4. The van der Waals surface area contributed by atoms with Gasteiger partial charge in [0.15, 0.2) is 0 Å². The van der Waals surface area contributed by atoms with E-state index in [9.17, 15) is 0 Å². The second-order valence-corrected chi connectivity index (χ2v) is 5.19. The van der Waals surface area contributed by atoms with Crippen molar-refractivity contribution in [3.63, 3.8) is 0 Å². The molecule has 3 heterocycles. The average Bonchev–Trinajstić information content (AvgIpc) is 2.63. The Morgan fingerprint density at radius 2 is 1.48 bits per heavy atom. The molecule has 0 aliphatic carbocycles. The van der Waals surface area contributed by atoms with Crippen LogP contribution in [-0.2, 0) is 13.1 Å². The van der Waals surface area contributed by atoms with Crippen molar-refractivity contribution in [2.75, 3.05) is 0 Å². The lowest BCUT2D eigenvalue weighted by molar-refractivity contribution is 0.375. The van der Waals surface area contributed by atoms with Gasteiger partial charge in [-0.1, -0.05) is 18.7 Å². The molecule has 0 aromatic carbocycles. The first kappa shape index (κ1) is 14.9. The van der Waals surface area contributed by atoms with Crippen LogP contribution in [0.4, 0.5) is 0 Å². The second-order valence-electron chi connectivity index (χ2n) is 5.19. The lowest BCUT2D eigenvalue weighted by atomic mass is 10.2. The number of rotatable bonds is 6. The molecule has 4 heteroatoms. The zero-order chi connectivity index (χ0) is 15.9. The highest BCUT2D eigenvalue weighted by atomic mass is 15.1. The lowest BCUT2D eigenvalue weighted by Gasteiger charge is -2.26. The van der Waals surface area contributed by atoms with Crippen LogP contribution in [-0.4, -0.2) is 19.9 Å². The van der Waals surface area contributed by atoms with E-state index >= 15 is 0 Å². The van der Waals surface area contributed by atoms with Gasteiger partial charge < -0.3 is 4.90 Å². The van der Waals surface area contributed by atoms with Crippen LogP contribution in [0.25, 0.3) is 5.70 Å². The van der Waals surface area contributed by atoms with Gasteiger partial charge in [0.25, 0.3) is 0 Å². The van der Waals surface area contributed by atoms with Crippen LogP contribution in [0.5, 0.6) is 0 Å². The Morgan fingerprint density at radius 3 is 1.96 bits per heavy atom. The summed E-state index contributed by atoms with van der Waals surface area (Å²) in [6.45, 7) is 5.59. The molecule has 0 amide bonds. The summed E-state index contributed by atoms with van der Waals surface area (Å²) in [4.78, 5) is 15.2. The van der Waals surface area contributed by atoms with Gasteiger partial charge in [0, 0.05) is 36.0 Å². The summed E-state index contributed by atoms with van der Waals surface area (Å²) >= 11 is 0. The third-order valence-corrected chi connectivity index (χ3v) is 3.53. The maximum Gasteiger partial charge on any atom is 0.0606 e. The van der Waals surface area contributed by atoms with Gasteiger partial charge in [-0.2, -0.15) is 0 Å². The molecule has 0 N–H and O–H groups in total. The van der Waals surface area contributed by atoms with E-state index in [1.54, 1.807) is 18.6 Å². The molecule has 0 saturated carbocycles. The Hall–Kier alpha value is -3.01. The molecule has 0 spiro atoms. The molecule has 0 aliphatic rings. The summed E-state index contributed by atoms with van der Waals surface area (Å²) < 4.78 is 0. The highest BCUT2D eigenvalue weighted by molar-refractivity contribution is 5.60. The third-order valence-electron chi connectivity index (χ3n) is 3.53. The van der Waals surface area contributed by atoms with Crippen molar-refractivity contribution < 1.29 is 0 Å². The Balaban J connectivity index is 1.85. The van der Waals surface area contributed by atoms with Crippen molar-refractivity contribution in [3.8, 4) is 0 Å². The van der Waals surface area contributed by atoms with Crippen LogP contribution in [0.15, 0.2) is 79.9 Å². The fraction of sp³-hybridized carbons (Fsp3) is 0.105. The molecule has 3 rings (SSSR count). The van der Waals surface area contributed by atoms with Gasteiger partial charge in [0.1, 0.15) is 0 Å². The standard InChI is InChI=1S/C19H18N4/c1-16(17-7-6-10-20-13-17)23(14-18-8-2-4-11-21-18)15-19-9-3-5-12-22-19/h2-13H,1,14-15H2. The average molecular weight is 302 g/mol. The number of nitrogens with zero attached hydrogens (tertiary/aromatic N) is 4. The molecule has 0 radical (unpaired) electrons. The van der Waals surface area contributed by atoms with Crippen molar-refractivity contribution in [1.29, 1.82) is 0 Å². The Labute approximate surface area is 136 Å². The Bertz CT molecular complexity index is 701. The minimum Gasteiger partial charge on any atom is -0.360 e. The van der Waals surface area contributed by atoms with Crippen molar-refractivity contribution in [1.82, 2.24) is 19.9 Å². The van der Waals surface area contributed by atoms with Crippen molar-refractivity contribution in [3.05, 3.63) is 96.8 Å². The maximum atomic E-state index is 4.42. The minimum absolute atomic E-state index is 0.672. The molecular weight excluding hydrogens is 284 g/mol. The molecule has 114 valence electrons. The normalized spacial score (nSPS) is 10.3. The summed E-state index contributed by atoms with van der Waals surface area (Å²) in [6.07, 6.45) is 7.20. The minimum atomic E-state index is 0.672. The molecule has 4 nitrogen and oxygen atoms in total. The topological polar surface area (TPSA) is 41.9 Å². The van der Waals surface area contributed by atoms with Crippen molar-refractivity contribution in [2.24, 2.45) is 0 Å². The molecular formula is C19H18N4. The van der Waals surface area contributed by atoms with Crippen LogP contribution in [0.1, 0.15) is 17.0 Å². The molecule has 3 aromatic heterocycles. The number of aromatic nitrogens is 3. The van der Waals surface area contributed by atoms with E-state index in [1.165, 1.54) is 0 Å². The zero-order valence-electron chi connectivity index (χ0n) is 12.8. The smallest absolute Gasteiger partial charge is 0.0606 e. The quantitative estimate of drug-likeness (QED) is 0.698. The highest BCUT2D eigenvalue weighted by Crippen LogP contribution is 2.20. The molecule has 0 aliphatic heterocycles. The molecule has 0 atom stereocenters. The van der Waals surface area contributed by atoms with Gasteiger partial charge in [-0.25, -0.2) is 0 Å². The Kier molecular flexibility index (Phi) is 4.74. The molecule has 3 aromatic rings. The summed E-state index contributed by atoms with van der Waals surface area (Å²) in [7, 11) is 0. The monoisotopic (exact) mass is 302 g/mol. The summed E-state index contributed by atoms with van der Waals surface area (Å²) in [6, 6.07) is 15.8. The zero-order valence-corrected chi connectivity index (χ0v) is 12.8. The van der Waals surface area contributed by atoms with Crippen LogP contribution in [0, 0.1) is 0 Å². The van der Waals surface area contributed by atoms with E-state index in [1.807, 2.05) is 54.7 Å². The molecule has 0 saturated heterocycles. The largest absolute Gasteiger partial charge is 0.360 e. The van der Waals surface area contributed by atoms with E-state index < -0.39 is 0 Å². The predicted octanol–water partition coefficient (Wildman–Crippen LogP) is 3.54. The van der Waals surface area contributed by atoms with Crippen molar-refractivity contribution in [2.45, 2.75) is 13.1 Å². The molecule has 0 bridgehead atoms. The van der Waals surface area contributed by atoms with E-state index in [0.717, 1.165) is 22.6 Å². The fourth-order valence-corrected chi connectivity index (χ4v) is 2.34. The predicted molar refractivity (Wildman–Crippen MR) is 91.0 cm³/mol. The van der Waals surface area contributed by atoms with Gasteiger partial charge in [-0.05, 0) is 36.4 Å². The summed E-state index contributed by atoms with van der Waals surface area (Å²) in [5.41, 5.74) is 3.90. The Morgan fingerprint density at radius 1 is 0.826 bits per heavy atom. The second kappa shape index (κ2) is 7.31. The van der Waals surface area contributed by atoms with E-state index in [-0.39, 0.29) is 0 Å². The third kappa shape index (κ3) is 4.01. The number of hydrogen-bond donors (Lipinski definition) is 0. The molecule has 23 heavy (non-hydrogen) atoms. The van der Waals surface area contributed by atoms with Gasteiger partial charge in [-0.3, -0.25) is 15.0 Å². The van der Waals surface area contributed by atoms with E-state index in [2.05, 4.69) is 26.4 Å². The first-order chi connectivity index (χ1) is 11.3. The fourth-order valence-electron chi connectivity index (χ4n) is 2.34. The first-order valence-corrected chi connectivity index (χ1v) is 7.47. The van der Waals surface area contributed by atoms with Crippen LogP contribution in [0.3, 0.4) is 0 Å². The summed E-state index contributed by atoms with van der Waals surface area (Å²) in [5.74, 6) is 0. The molecule has 0 fully saturated rings. The SMILES string of the molecule is C=C(c1cccnc1)N(Cc1ccccn1)Cc1ccccn1. The maximum absolute atomic E-state index is 4.42. The van der Waals surface area contributed by atoms with Crippen LogP contribution < -0.4 is 0 Å². The van der Waals surface area contributed by atoms with E-state index in [4.69, 9.17) is 0 Å². The number of pyridine rings is 3. The molecule has 0 unspecified atom stereocenters. The van der Waals surface area contributed by atoms with Gasteiger partial charge in [0.2, 0.25) is 0 Å². The van der Waals surface area contributed by atoms with E-state index in [0.29, 0.717) is 13.1 Å². The van der Waals surface area contributed by atoms with Crippen LogP contribution >= 0.6 is 0 Å². The van der Waals surface area contributed by atoms with Gasteiger partial charge in [-0.15, -0.1) is 0 Å². The highest BCUT2D eigenvalue weighted by Gasteiger charge is 2.12.